The molecule has 0 bridgehead atoms. The Labute approximate surface area is 117 Å². The van der Waals surface area contributed by atoms with Crippen molar-refractivity contribution >= 4 is 0 Å². The van der Waals surface area contributed by atoms with Crippen LogP contribution in [0, 0.1) is 11.3 Å². The topological polar surface area (TPSA) is 40.5 Å². The first-order chi connectivity index (χ1) is 8.99. The van der Waals surface area contributed by atoms with Crippen molar-refractivity contribution in [3.05, 3.63) is 23.8 Å². The van der Waals surface area contributed by atoms with Crippen molar-refractivity contribution in [1.29, 1.82) is 0 Å². The summed E-state index contributed by atoms with van der Waals surface area (Å²) in [6, 6.07) is 0. The minimum Gasteiger partial charge on any atom is -0.396 e. The van der Waals surface area contributed by atoms with Crippen LogP contribution in [0.1, 0.15) is 58.8 Å². The Morgan fingerprint density at radius 2 is 2.11 bits per heavy atom. The van der Waals surface area contributed by atoms with Crippen molar-refractivity contribution in [1.82, 2.24) is 0 Å². The molecular weight excluding hydrogens is 236 g/mol. The van der Waals surface area contributed by atoms with E-state index in [1.54, 1.807) is 0 Å². The smallest absolute Gasteiger partial charge is 0.0743 e. The average Bonchev–Trinajstić information content (AvgIpc) is 2.37. The molecule has 19 heavy (non-hydrogen) atoms. The second kappa shape index (κ2) is 5.80. The van der Waals surface area contributed by atoms with E-state index < -0.39 is 5.60 Å². The van der Waals surface area contributed by atoms with E-state index in [1.807, 2.05) is 0 Å². The Morgan fingerprint density at radius 1 is 1.32 bits per heavy atom. The highest BCUT2D eigenvalue weighted by Crippen LogP contribution is 2.49. The number of aliphatic hydroxyl groups excluding tert-OH is 1. The molecule has 2 heteroatoms. The van der Waals surface area contributed by atoms with Gasteiger partial charge in [0.2, 0.25) is 0 Å². The van der Waals surface area contributed by atoms with E-state index in [-0.39, 0.29) is 12.0 Å². The summed E-state index contributed by atoms with van der Waals surface area (Å²) in [5, 5.41) is 20.4. The van der Waals surface area contributed by atoms with Crippen LogP contribution in [0.2, 0.25) is 0 Å². The Kier molecular flexibility index (Phi) is 4.52. The van der Waals surface area contributed by atoms with Gasteiger partial charge in [0.15, 0.2) is 0 Å². The first-order valence-electron chi connectivity index (χ1n) is 7.69. The van der Waals surface area contributed by atoms with Crippen LogP contribution in [-0.2, 0) is 0 Å². The van der Waals surface area contributed by atoms with Gasteiger partial charge in [0.05, 0.1) is 5.60 Å². The molecule has 0 aromatic heterocycles. The molecule has 2 rings (SSSR count). The van der Waals surface area contributed by atoms with Gasteiger partial charge in [-0.15, -0.1) is 0 Å². The van der Waals surface area contributed by atoms with Crippen molar-refractivity contribution in [2.45, 2.75) is 64.4 Å². The van der Waals surface area contributed by atoms with Crippen molar-refractivity contribution < 1.29 is 10.2 Å². The quantitative estimate of drug-likeness (QED) is 0.762. The third-order valence-electron chi connectivity index (χ3n) is 5.25. The van der Waals surface area contributed by atoms with E-state index in [4.69, 9.17) is 0 Å². The third kappa shape index (κ3) is 2.95. The van der Waals surface area contributed by atoms with Gasteiger partial charge >= 0.3 is 0 Å². The van der Waals surface area contributed by atoms with Crippen molar-refractivity contribution in [3.63, 3.8) is 0 Å². The molecular formula is C17H28O2. The number of hydrogen-bond donors (Lipinski definition) is 2. The summed E-state index contributed by atoms with van der Waals surface area (Å²) < 4.78 is 0. The van der Waals surface area contributed by atoms with E-state index in [0.29, 0.717) is 12.3 Å². The van der Waals surface area contributed by atoms with Crippen molar-refractivity contribution in [2.75, 3.05) is 6.61 Å². The lowest BCUT2D eigenvalue weighted by Crippen LogP contribution is -2.49. The van der Waals surface area contributed by atoms with E-state index in [9.17, 15) is 10.2 Å². The standard InChI is InChI=1S/C17H28O2/c1-16(2)15(10-12-18)9-6-11-17(16,19)13-14-7-4-3-5-8-14/h4,7,9,14,18-19H,3,5-6,8,10-13H2,1-2H3. The third-order valence-corrected chi connectivity index (χ3v) is 5.25. The number of rotatable bonds is 4. The van der Waals surface area contributed by atoms with Gasteiger partial charge in [-0.2, -0.15) is 0 Å². The maximum absolute atomic E-state index is 11.2. The van der Waals surface area contributed by atoms with Gasteiger partial charge in [-0.1, -0.05) is 37.6 Å². The zero-order valence-corrected chi connectivity index (χ0v) is 12.4. The molecule has 0 fully saturated rings. The van der Waals surface area contributed by atoms with E-state index >= 15 is 0 Å². The molecule has 2 unspecified atom stereocenters. The van der Waals surface area contributed by atoms with Gasteiger partial charge in [-0.05, 0) is 50.9 Å². The molecule has 2 atom stereocenters. The molecule has 108 valence electrons. The minimum atomic E-state index is -0.626. The SMILES string of the molecule is CC1(C)C(CCO)=CCCC1(O)CC1C=CCCC1. The lowest BCUT2D eigenvalue weighted by molar-refractivity contribution is -0.0771. The van der Waals surface area contributed by atoms with Gasteiger partial charge in [-0.3, -0.25) is 0 Å². The minimum absolute atomic E-state index is 0.175. The summed E-state index contributed by atoms with van der Waals surface area (Å²) in [5.74, 6) is 0.520. The Morgan fingerprint density at radius 3 is 2.74 bits per heavy atom. The van der Waals surface area contributed by atoms with Crippen LogP contribution in [0.3, 0.4) is 0 Å². The fraction of sp³-hybridized carbons (Fsp3) is 0.765. The highest BCUT2D eigenvalue weighted by Gasteiger charge is 2.47. The summed E-state index contributed by atoms with van der Waals surface area (Å²) >= 11 is 0. The van der Waals surface area contributed by atoms with Gasteiger partial charge in [-0.25, -0.2) is 0 Å². The molecule has 0 aliphatic heterocycles. The lowest BCUT2D eigenvalue weighted by atomic mass is 9.60. The van der Waals surface area contributed by atoms with Crippen LogP contribution in [0.15, 0.2) is 23.8 Å². The largest absolute Gasteiger partial charge is 0.396 e. The van der Waals surface area contributed by atoms with Crippen LogP contribution in [0.25, 0.3) is 0 Å². The van der Waals surface area contributed by atoms with E-state index in [1.165, 1.54) is 24.8 Å². The predicted molar refractivity (Wildman–Crippen MR) is 78.8 cm³/mol. The van der Waals surface area contributed by atoms with Crippen molar-refractivity contribution in [3.8, 4) is 0 Å². The lowest BCUT2D eigenvalue weighted by Gasteiger charge is -2.49. The zero-order valence-electron chi connectivity index (χ0n) is 12.4. The first-order valence-corrected chi connectivity index (χ1v) is 7.69. The van der Waals surface area contributed by atoms with Crippen LogP contribution < -0.4 is 0 Å². The molecule has 0 radical (unpaired) electrons. The van der Waals surface area contributed by atoms with Crippen molar-refractivity contribution in [2.24, 2.45) is 11.3 Å². The Balaban J connectivity index is 2.15. The maximum Gasteiger partial charge on any atom is 0.0743 e. The summed E-state index contributed by atoms with van der Waals surface area (Å²) in [6.45, 7) is 4.45. The summed E-state index contributed by atoms with van der Waals surface area (Å²) in [4.78, 5) is 0. The molecule has 0 saturated heterocycles. The average molecular weight is 264 g/mol. The summed E-state index contributed by atoms with van der Waals surface area (Å²) in [6.07, 6.45) is 13.7. The van der Waals surface area contributed by atoms with E-state index in [0.717, 1.165) is 19.3 Å². The first kappa shape index (κ1) is 14.8. The highest BCUT2D eigenvalue weighted by molar-refractivity contribution is 5.23. The highest BCUT2D eigenvalue weighted by atomic mass is 16.3. The molecule has 0 aromatic rings. The fourth-order valence-corrected chi connectivity index (χ4v) is 3.73. The van der Waals surface area contributed by atoms with Crippen LogP contribution >= 0.6 is 0 Å². The summed E-state index contributed by atoms with van der Waals surface area (Å²) in [5.41, 5.74) is 0.376. The molecule has 2 aliphatic carbocycles. The maximum atomic E-state index is 11.2. The van der Waals surface area contributed by atoms with Crippen LogP contribution in [-0.4, -0.2) is 22.4 Å². The van der Waals surface area contributed by atoms with Crippen LogP contribution in [0.4, 0.5) is 0 Å². The Bertz CT molecular complexity index is 367. The van der Waals surface area contributed by atoms with Gasteiger partial charge in [0.1, 0.15) is 0 Å². The van der Waals surface area contributed by atoms with Crippen LogP contribution in [0.5, 0.6) is 0 Å². The molecule has 0 amide bonds. The van der Waals surface area contributed by atoms with E-state index in [2.05, 4.69) is 32.1 Å². The molecule has 2 aliphatic rings. The second-order valence-corrected chi connectivity index (χ2v) is 6.72. The number of allylic oxidation sites excluding steroid dienone is 3. The Hall–Kier alpha value is -0.600. The fourth-order valence-electron chi connectivity index (χ4n) is 3.73. The summed E-state index contributed by atoms with van der Waals surface area (Å²) in [7, 11) is 0. The normalized spacial score (nSPS) is 34.1. The van der Waals surface area contributed by atoms with Gasteiger partial charge < -0.3 is 10.2 Å². The van der Waals surface area contributed by atoms with Gasteiger partial charge in [0.25, 0.3) is 0 Å². The zero-order chi connectivity index (χ0) is 13.9. The molecule has 0 aromatic carbocycles. The molecule has 0 heterocycles. The molecule has 2 N–H and O–H groups in total. The molecule has 0 saturated carbocycles. The number of aliphatic hydroxyl groups is 2. The van der Waals surface area contributed by atoms with Gasteiger partial charge in [0, 0.05) is 12.0 Å². The monoisotopic (exact) mass is 264 g/mol. The molecule has 2 nitrogen and oxygen atoms in total. The number of hydrogen-bond acceptors (Lipinski definition) is 2. The predicted octanol–water partition coefficient (Wildman–Crippen LogP) is 3.59. The second-order valence-electron chi connectivity index (χ2n) is 6.72. The molecule has 0 spiro atoms.